The van der Waals surface area contributed by atoms with E-state index < -0.39 is 154 Å². The summed E-state index contributed by atoms with van der Waals surface area (Å²) >= 11 is 0. The second kappa shape index (κ2) is 40.7. The Hall–Kier alpha value is -15.0. The highest BCUT2D eigenvalue weighted by atomic mass is 16.7. The summed E-state index contributed by atoms with van der Waals surface area (Å²) in [5.41, 5.74) is 5.93. The third-order valence-electron chi connectivity index (χ3n) is 21.1. The van der Waals surface area contributed by atoms with E-state index in [1.54, 1.807) is 125 Å². The van der Waals surface area contributed by atoms with Crippen LogP contribution >= 0.6 is 0 Å². The second-order valence-corrected chi connectivity index (χ2v) is 31.8. The molecular weight excluding hydrogens is 1670 g/mol. The summed E-state index contributed by atoms with van der Waals surface area (Å²) < 4.78 is 43.5. The van der Waals surface area contributed by atoms with E-state index in [1.807, 2.05) is 45.3 Å². The van der Waals surface area contributed by atoms with Gasteiger partial charge in [0.2, 0.25) is 96.0 Å². The van der Waals surface area contributed by atoms with Gasteiger partial charge in [0.05, 0.1) is 0 Å². The van der Waals surface area contributed by atoms with Crippen LogP contribution in [0.2, 0.25) is 0 Å². The highest BCUT2D eigenvalue weighted by molar-refractivity contribution is 6.20. The normalized spacial score (nSPS) is 19.3. The number of nitrogens with one attached hydrogen (secondary N) is 9. The molecule has 16 rings (SSSR count). The van der Waals surface area contributed by atoms with E-state index in [2.05, 4.69) is 37.2 Å². The van der Waals surface area contributed by atoms with Gasteiger partial charge < -0.3 is 48.1 Å². The Morgan fingerprint density at radius 2 is 0.523 bits per heavy atom. The molecule has 6 saturated heterocycles. The van der Waals surface area contributed by atoms with E-state index in [-0.39, 0.29) is 63.6 Å². The molecule has 0 aromatic heterocycles. The lowest BCUT2D eigenvalue weighted by Crippen LogP contribution is -2.58. The van der Waals surface area contributed by atoms with Crippen LogP contribution in [0.3, 0.4) is 0 Å². The summed E-state index contributed by atoms with van der Waals surface area (Å²) in [7, 11) is 0. The number of unbranched alkanes of at least 4 members (excludes halogenated alkanes) is 3. The first-order chi connectivity index (χ1) is 60.8. The summed E-state index contributed by atoms with van der Waals surface area (Å²) in [5, 5.41) is 38.1. The van der Waals surface area contributed by atoms with E-state index in [4.69, 9.17) is 37.9 Å². The molecule has 10 aliphatic heterocycles. The Balaban J connectivity index is 0.000000149. The number of ether oxygens (including phenoxy) is 8. The number of imide groups is 12. The molecule has 0 radical (unpaired) electrons. The summed E-state index contributed by atoms with van der Waals surface area (Å²) in [6.45, 7) is 17.9. The Kier molecular flexibility index (Phi) is 29.8. The zero-order chi connectivity index (χ0) is 92.8. The number of phenolic OH excluding ortho intramolecular Hbond substituents is 2. The van der Waals surface area contributed by atoms with Crippen molar-refractivity contribution in [2.75, 3.05) is 33.2 Å². The van der Waals surface area contributed by atoms with Gasteiger partial charge in [0.15, 0.2) is 46.0 Å². The van der Waals surface area contributed by atoms with E-state index in [0.717, 1.165) is 67.3 Å². The second-order valence-electron chi connectivity index (χ2n) is 31.8. The van der Waals surface area contributed by atoms with Crippen LogP contribution in [-0.2, 0) is 96.1 Å². The number of aromatic hydroxyl groups is 2. The van der Waals surface area contributed by atoms with Crippen LogP contribution in [0.5, 0.6) is 57.5 Å². The number of benzene rings is 6. The largest absolute Gasteiger partial charge is 0.508 e. The van der Waals surface area contributed by atoms with Crippen molar-refractivity contribution in [3.05, 3.63) is 154 Å². The lowest BCUT2D eigenvalue weighted by molar-refractivity contribution is -0.144. The van der Waals surface area contributed by atoms with E-state index in [1.165, 1.54) is 12.1 Å². The van der Waals surface area contributed by atoms with Crippen LogP contribution in [0.1, 0.15) is 131 Å². The first-order valence-electron chi connectivity index (χ1n) is 41.1. The summed E-state index contributed by atoms with van der Waals surface area (Å²) in [6, 6.07) is 26.6. The topological polar surface area (TPSA) is 540 Å². The lowest BCUT2D eigenvalue weighted by Gasteiger charge is -2.30. The van der Waals surface area contributed by atoms with E-state index in [9.17, 15) is 96.5 Å². The highest BCUT2D eigenvalue weighted by Gasteiger charge is 2.45. The van der Waals surface area contributed by atoms with Crippen LogP contribution in [0.25, 0.3) is 0 Å². The maximum absolute atomic E-state index is 12.6. The molecule has 40 nitrogen and oxygen atoms in total. The fourth-order valence-electron chi connectivity index (χ4n) is 14.3. The smallest absolute Gasteiger partial charge is 0.330 e. The van der Waals surface area contributed by atoms with Crippen molar-refractivity contribution < 1.29 is 134 Å². The molecular formula is C88H96N12O28. The number of fused-ring (bicyclic) bond motifs is 4. The zero-order valence-corrected chi connectivity index (χ0v) is 71.2. The van der Waals surface area contributed by atoms with Crippen molar-refractivity contribution in [1.82, 2.24) is 62.6 Å². The van der Waals surface area contributed by atoms with Gasteiger partial charge in [0.1, 0.15) is 47.0 Å². The number of amides is 24. The quantitative estimate of drug-likeness (QED) is 0.0352. The van der Waals surface area contributed by atoms with Crippen molar-refractivity contribution in [3.63, 3.8) is 0 Å². The van der Waals surface area contributed by atoms with Crippen molar-refractivity contribution in [2.24, 2.45) is 35.5 Å². The van der Waals surface area contributed by atoms with Gasteiger partial charge in [-0.05, 0) is 177 Å². The predicted octanol–water partition coefficient (Wildman–Crippen LogP) is 6.31. The third kappa shape index (κ3) is 23.5. The molecule has 3 atom stereocenters. The number of phenols is 2. The fraction of sp³-hybridized carbons (Fsp3) is 0.386. The van der Waals surface area contributed by atoms with Crippen molar-refractivity contribution in [2.45, 2.75) is 151 Å². The number of urea groups is 6. The average molecular weight is 1770 g/mol. The van der Waals surface area contributed by atoms with E-state index >= 15 is 0 Å². The zero-order valence-electron chi connectivity index (χ0n) is 71.2. The molecule has 11 N–H and O–H groups in total. The van der Waals surface area contributed by atoms with Gasteiger partial charge in [-0.2, -0.15) is 0 Å². The molecule has 128 heavy (non-hydrogen) atoms. The number of nitrogens with zero attached hydrogens (tertiary/aromatic N) is 3. The molecule has 676 valence electrons. The van der Waals surface area contributed by atoms with E-state index in [0.29, 0.717) is 96.0 Å². The number of rotatable bonds is 21. The first kappa shape index (κ1) is 93.7. The number of barbiturate groups is 6. The number of aryl methyl sites for hydroxylation is 2. The van der Waals surface area contributed by atoms with Gasteiger partial charge in [-0.25, -0.2) is 28.8 Å². The molecule has 6 aromatic carbocycles. The van der Waals surface area contributed by atoms with Crippen molar-refractivity contribution in [3.8, 4) is 57.5 Å². The van der Waals surface area contributed by atoms with Crippen molar-refractivity contribution in [1.29, 1.82) is 0 Å². The Bertz CT molecular complexity index is 5410. The van der Waals surface area contributed by atoms with Gasteiger partial charge in [0, 0.05) is 47.3 Å². The predicted molar refractivity (Wildman–Crippen MR) is 443 cm³/mol. The molecule has 0 bridgehead atoms. The molecule has 6 fully saturated rings. The maximum atomic E-state index is 12.6. The van der Waals surface area contributed by atoms with Gasteiger partial charge >= 0.3 is 36.2 Å². The number of hydrogen-bond acceptors (Lipinski definition) is 28. The van der Waals surface area contributed by atoms with Gasteiger partial charge in [0.25, 0.3) is 0 Å². The number of carbonyl (C=O) groups is 18. The standard InChI is InChI=1S/C18H22N2O5.C16H18N2O5.C16H20N2O4.C14H14N2O5.C12H10N2O5.C12H12N2O4/c1-4-5-8-20-16(22)12(15(21)19-17(20)23)9-11-6-7-13-14(10-11)25-18(2,3)24-13;1-2-3-6-18-15(20)11(14(19)17-16(18)21)7-10-4-5-12-13(8-10)23-9-22-12;1-3-4-7-18-15(21)12(14(20)17-16(18)22)9-11-5-6-13(19)10(2)8-11;1-14(2)20-9-4-3-7(6-10(9)21-14)5-8-11(17)15-13(19)16-12(8)18;15-10-7(11(16)14-12(17)13-10)3-6-1-2-8-9(4-6)19-5-18-8;1-6-4-7(2-3-9(6)15)5-8-10(16)13-12(18)14-11(8)17/h6-7,10,12H,4-5,8-9H2,1-3H3,(H,19,21,23);4-5,8,11H,2-3,6-7,9H2,1H3,(H,17,19,21);5-6,8,12,19H,3-4,7,9H2,1-2H3,(H,17,20,22);3-4,6,8H,5H2,1-2H3,(H2,15,16,17,18,19);1-2,4,7H,3,5H2,(H2,13,14,15,16,17);2-4,8,15H,5H2,1H3,(H2,13,14,16,17,18). The molecule has 3 unspecified atom stereocenters. The molecule has 0 saturated carbocycles. The van der Waals surface area contributed by atoms with Crippen LogP contribution in [0.4, 0.5) is 28.8 Å². The van der Waals surface area contributed by atoms with Gasteiger partial charge in [-0.15, -0.1) is 0 Å². The average Bonchev–Trinajstić information content (AvgIpc) is 1.62. The molecule has 10 aliphatic rings. The minimum absolute atomic E-state index is 0.159. The Morgan fingerprint density at radius 3 is 0.797 bits per heavy atom. The monoisotopic (exact) mass is 1770 g/mol. The number of carbonyl (C=O) groups excluding carboxylic acids is 18. The van der Waals surface area contributed by atoms with Crippen LogP contribution < -0.4 is 85.7 Å². The molecule has 24 amide bonds. The van der Waals surface area contributed by atoms with Crippen LogP contribution in [-0.4, -0.2) is 177 Å². The van der Waals surface area contributed by atoms with Gasteiger partial charge in [-0.3, -0.25) is 120 Å². The molecule has 40 heteroatoms. The Labute approximate surface area is 731 Å². The summed E-state index contributed by atoms with van der Waals surface area (Å²) in [5.74, 6) is -8.32. The minimum atomic E-state index is -0.934. The molecule has 0 aliphatic carbocycles. The molecule has 0 spiro atoms. The SMILES string of the molecule is CC1(C)Oc2ccc(CC3C(=O)NC(=O)NC3=O)cc2O1.CCCCN1C(=O)NC(=O)C(Cc2ccc(O)c(C)c2)C1=O.CCCCN1C(=O)NC(=O)C(Cc2ccc3c(c2)OC(C)(C)O3)C1=O.CCCCN1C(=O)NC(=O)C(Cc2ccc3c(c2)OCO3)C1=O.Cc1cc(CC2C(=O)NC(=O)NC2=O)ccc1O.O=C1NC(=O)C(Cc2ccc3c(c2)OCO3)C(=O)N1. The third-order valence-corrected chi connectivity index (χ3v) is 21.1. The fourth-order valence-corrected chi connectivity index (χ4v) is 14.3. The summed E-state index contributed by atoms with van der Waals surface area (Å²) in [6.07, 6.45) is 5.89. The first-order valence-corrected chi connectivity index (χ1v) is 41.1. The van der Waals surface area contributed by atoms with Crippen molar-refractivity contribution >= 4 is 107 Å². The Morgan fingerprint density at radius 1 is 0.297 bits per heavy atom. The highest BCUT2D eigenvalue weighted by Crippen LogP contribution is 2.42. The molecule has 10 heterocycles. The maximum Gasteiger partial charge on any atom is 0.330 e. The molecule has 6 aromatic rings. The number of hydrogen-bond donors (Lipinski definition) is 11. The van der Waals surface area contributed by atoms with Gasteiger partial charge in [-0.1, -0.05) is 88.6 Å². The minimum Gasteiger partial charge on any atom is -0.508 e. The summed E-state index contributed by atoms with van der Waals surface area (Å²) in [4.78, 5) is 215. The lowest BCUT2D eigenvalue weighted by atomic mass is 9.94. The van der Waals surface area contributed by atoms with Crippen LogP contribution in [0, 0.1) is 49.4 Å². The van der Waals surface area contributed by atoms with Crippen LogP contribution in [0.15, 0.2) is 109 Å².